The first-order chi connectivity index (χ1) is 8.00. The minimum absolute atomic E-state index is 0.0765. The Morgan fingerprint density at radius 2 is 1.88 bits per heavy atom. The summed E-state index contributed by atoms with van der Waals surface area (Å²) < 4.78 is 13.2. The summed E-state index contributed by atoms with van der Waals surface area (Å²) in [6, 6.07) is 2.99. The quantitative estimate of drug-likeness (QED) is 0.732. The van der Waals surface area contributed by atoms with Crippen LogP contribution < -0.4 is 4.90 Å². The van der Waals surface area contributed by atoms with E-state index in [0.717, 1.165) is 36.2 Å². The average Bonchev–Trinajstić information content (AvgIpc) is 2.23. The van der Waals surface area contributed by atoms with Crippen LogP contribution in [-0.2, 0) is 4.79 Å². The van der Waals surface area contributed by atoms with E-state index in [0.29, 0.717) is 0 Å². The number of benzene rings is 1. The highest BCUT2D eigenvalue weighted by Crippen LogP contribution is 2.30. The van der Waals surface area contributed by atoms with Gasteiger partial charge < -0.3 is 4.90 Å². The summed E-state index contributed by atoms with van der Waals surface area (Å²) in [5.41, 5.74) is 2.57. The minimum atomic E-state index is -0.235. The molecule has 0 N–H and O–H groups in total. The minimum Gasteiger partial charge on any atom is -0.312 e. The van der Waals surface area contributed by atoms with E-state index in [-0.39, 0.29) is 17.6 Å². The molecule has 1 aliphatic rings. The van der Waals surface area contributed by atoms with E-state index in [2.05, 4.69) is 0 Å². The number of piperidine rings is 1. The van der Waals surface area contributed by atoms with Crippen LogP contribution in [-0.4, -0.2) is 12.5 Å². The van der Waals surface area contributed by atoms with Crippen molar-refractivity contribution in [2.45, 2.75) is 33.6 Å². The zero-order valence-electron chi connectivity index (χ0n) is 10.6. The first-order valence-corrected chi connectivity index (χ1v) is 6.09. The number of carbonyl (C=O) groups is 1. The average molecular weight is 235 g/mol. The molecule has 1 atom stereocenters. The van der Waals surface area contributed by atoms with Gasteiger partial charge in [-0.15, -0.1) is 0 Å². The van der Waals surface area contributed by atoms with Gasteiger partial charge in [0.2, 0.25) is 5.91 Å². The van der Waals surface area contributed by atoms with E-state index in [4.69, 9.17) is 0 Å². The van der Waals surface area contributed by atoms with Crippen LogP contribution in [0.1, 0.15) is 30.9 Å². The molecule has 1 aromatic rings. The third-order valence-corrected chi connectivity index (χ3v) is 3.43. The van der Waals surface area contributed by atoms with Crippen LogP contribution in [0.4, 0.5) is 10.1 Å². The number of anilines is 1. The van der Waals surface area contributed by atoms with E-state index in [1.54, 1.807) is 0 Å². The van der Waals surface area contributed by atoms with Crippen molar-refractivity contribution < 1.29 is 9.18 Å². The number of hydrogen-bond acceptors (Lipinski definition) is 1. The number of nitrogens with zero attached hydrogens (tertiary/aromatic N) is 1. The molecule has 0 saturated carbocycles. The van der Waals surface area contributed by atoms with Crippen molar-refractivity contribution in [3.8, 4) is 0 Å². The molecule has 1 aliphatic heterocycles. The van der Waals surface area contributed by atoms with Crippen molar-refractivity contribution in [2.24, 2.45) is 5.92 Å². The van der Waals surface area contributed by atoms with Gasteiger partial charge in [-0.2, -0.15) is 0 Å². The van der Waals surface area contributed by atoms with Gasteiger partial charge in [0.15, 0.2) is 0 Å². The van der Waals surface area contributed by atoms with E-state index < -0.39 is 0 Å². The van der Waals surface area contributed by atoms with Crippen molar-refractivity contribution in [1.29, 1.82) is 0 Å². The maximum absolute atomic E-state index is 13.2. The second-order valence-corrected chi connectivity index (χ2v) is 4.92. The smallest absolute Gasteiger partial charge is 0.229 e. The molecule has 1 saturated heterocycles. The van der Waals surface area contributed by atoms with Gasteiger partial charge in [-0.1, -0.05) is 6.92 Å². The second kappa shape index (κ2) is 4.47. The van der Waals surface area contributed by atoms with Gasteiger partial charge in [0.25, 0.3) is 0 Å². The fourth-order valence-electron chi connectivity index (χ4n) is 2.61. The summed E-state index contributed by atoms with van der Waals surface area (Å²) in [5, 5.41) is 0. The highest BCUT2D eigenvalue weighted by Gasteiger charge is 2.28. The van der Waals surface area contributed by atoms with Crippen LogP contribution in [0.5, 0.6) is 0 Å². The molecule has 1 heterocycles. The molecule has 17 heavy (non-hydrogen) atoms. The molecule has 1 fully saturated rings. The lowest BCUT2D eigenvalue weighted by Gasteiger charge is -2.32. The Kier molecular flexibility index (Phi) is 3.18. The predicted octanol–water partition coefficient (Wildman–Crippen LogP) is 3.21. The summed E-state index contributed by atoms with van der Waals surface area (Å²) in [6.45, 7) is 6.43. The van der Waals surface area contributed by atoms with Crippen LogP contribution >= 0.6 is 0 Å². The van der Waals surface area contributed by atoms with Gasteiger partial charge >= 0.3 is 0 Å². The molecule has 0 spiro atoms. The fourth-order valence-corrected chi connectivity index (χ4v) is 2.61. The zero-order chi connectivity index (χ0) is 12.6. The van der Waals surface area contributed by atoms with Crippen LogP contribution in [0.3, 0.4) is 0 Å². The van der Waals surface area contributed by atoms with Gasteiger partial charge in [-0.05, 0) is 49.9 Å². The van der Waals surface area contributed by atoms with Crippen LogP contribution in [0.15, 0.2) is 12.1 Å². The molecule has 1 amide bonds. The topological polar surface area (TPSA) is 20.3 Å². The molecule has 3 heteroatoms. The summed E-state index contributed by atoms with van der Waals surface area (Å²) in [7, 11) is 0. The molecule has 2 rings (SSSR count). The van der Waals surface area contributed by atoms with Crippen molar-refractivity contribution in [2.75, 3.05) is 11.4 Å². The Hall–Kier alpha value is -1.38. The van der Waals surface area contributed by atoms with Gasteiger partial charge in [0.05, 0.1) is 0 Å². The highest BCUT2D eigenvalue weighted by molar-refractivity contribution is 5.96. The molecule has 1 aromatic carbocycles. The van der Waals surface area contributed by atoms with Gasteiger partial charge in [0, 0.05) is 18.2 Å². The molecule has 0 bridgehead atoms. The molecule has 0 aliphatic carbocycles. The van der Waals surface area contributed by atoms with Gasteiger partial charge in [-0.25, -0.2) is 4.39 Å². The lowest BCUT2D eigenvalue weighted by atomic mass is 9.96. The van der Waals surface area contributed by atoms with Crippen LogP contribution in [0.25, 0.3) is 0 Å². The molecule has 0 radical (unpaired) electrons. The molecule has 92 valence electrons. The maximum atomic E-state index is 13.2. The van der Waals surface area contributed by atoms with Crippen LogP contribution in [0.2, 0.25) is 0 Å². The normalized spacial score (nSPS) is 20.8. The molecular formula is C14H18FNO. The lowest BCUT2D eigenvalue weighted by Crippen LogP contribution is -2.41. The Morgan fingerprint density at radius 3 is 2.47 bits per heavy atom. The van der Waals surface area contributed by atoms with E-state index in [1.807, 2.05) is 25.7 Å². The predicted molar refractivity (Wildman–Crippen MR) is 66.6 cm³/mol. The Balaban J connectivity index is 2.43. The number of hydrogen-bond donors (Lipinski definition) is 0. The van der Waals surface area contributed by atoms with E-state index in [1.165, 1.54) is 12.1 Å². The third-order valence-electron chi connectivity index (χ3n) is 3.43. The van der Waals surface area contributed by atoms with Gasteiger partial charge in [-0.3, -0.25) is 4.79 Å². The summed E-state index contributed by atoms with van der Waals surface area (Å²) >= 11 is 0. The maximum Gasteiger partial charge on any atom is 0.229 e. The van der Waals surface area contributed by atoms with E-state index in [9.17, 15) is 9.18 Å². The first-order valence-electron chi connectivity index (χ1n) is 6.09. The second-order valence-electron chi connectivity index (χ2n) is 4.92. The van der Waals surface area contributed by atoms with Crippen LogP contribution in [0, 0.1) is 25.6 Å². The number of rotatable bonds is 1. The summed E-state index contributed by atoms with van der Waals surface area (Å²) in [4.78, 5) is 14.0. The largest absolute Gasteiger partial charge is 0.312 e. The van der Waals surface area contributed by atoms with Crippen molar-refractivity contribution in [3.05, 3.63) is 29.1 Å². The number of amides is 1. The van der Waals surface area contributed by atoms with Gasteiger partial charge in [0.1, 0.15) is 5.82 Å². The summed E-state index contributed by atoms with van der Waals surface area (Å²) in [5.74, 6) is 0.00270. The van der Waals surface area contributed by atoms with Crippen molar-refractivity contribution in [3.63, 3.8) is 0 Å². The van der Waals surface area contributed by atoms with Crippen molar-refractivity contribution in [1.82, 2.24) is 0 Å². The molecule has 0 aromatic heterocycles. The van der Waals surface area contributed by atoms with Crippen molar-refractivity contribution >= 4 is 11.6 Å². The Morgan fingerprint density at radius 1 is 1.29 bits per heavy atom. The zero-order valence-corrected chi connectivity index (χ0v) is 10.6. The molecule has 1 unspecified atom stereocenters. The number of carbonyl (C=O) groups excluding carboxylic acids is 1. The third kappa shape index (κ3) is 2.19. The van der Waals surface area contributed by atoms with E-state index >= 15 is 0 Å². The fraction of sp³-hybridized carbons (Fsp3) is 0.500. The first kappa shape index (κ1) is 12.1. The summed E-state index contributed by atoms with van der Waals surface area (Å²) in [6.07, 6.45) is 1.97. The monoisotopic (exact) mass is 235 g/mol. The molecular weight excluding hydrogens is 217 g/mol. The lowest BCUT2D eigenvalue weighted by molar-refractivity contribution is -0.123. The Bertz CT molecular complexity index is 433. The standard InChI is InChI=1S/C14H18FNO/c1-9-5-4-6-16(14(9)17)13-10(2)7-12(15)8-11(13)3/h7-9H,4-6H2,1-3H3. The SMILES string of the molecule is Cc1cc(F)cc(C)c1N1CCCC(C)C1=O. The number of aryl methyl sites for hydroxylation is 2. The molecule has 2 nitrogen and oxygen atoms in total. The number of halogens is 1. The Labute approximate surface area is 101 Å². The highest BCUT2D eigenvalue weighted by atomic mass is 19.1.